The molecular formula is C18H15AuPRu. The Balaban J connectivity index is 0.00000110. The largest absolute Gasteiger partial charge is 0.0622 e. The first-order valence-electron chi connectivity index (χ1n) is 6.40. The van der Waals surface area contributed by atoms with Crippen LogP contribution in [0.4, 0.5) is 0 Å². The van der Waals surface area contributed by atoms with Gasteiger partial charge in [-0.1, -0.05) is 91.0 Å². The van der Waals surface area contributed by atoms with E-state index in [1.54, 1.807) is 0 Å². The Morgan fingerprint density at radius 3 is 0.905 bits per heavy atom. The molecule has 3 rings (SSSR count). The monoisotopic (exact) mass is 561 g/mol. The van der Waals surface area contributed by atoms with Crippen LogP contribution in [-0.4, -0.2) is 0 Å². The van der Waals surface area contributed by atoms with E-state index in [4.69, 9.17) is 0 Å². The molecule has 3 aromatic carbocycles. The maximum atomic E-state index is 2.23. The second-order valence-electron chi connectivity index (χ2n) is 4.34. The number of hydrogen-bond acceptors (Lipinski definition) is 0. The van der Waals surface area contributed by atoms with E-state index in [0.29, 0.717) is 0 Å². The topological polar surface area (TPSA) is 0 Å². The van der Waals surface area contributed by atoms with Gasteiger partial charge in [-0.25, -0.2) is 0 Å². The third kappa shape index (κ3) is 4.71. The second kappa shape index (κ2) is 9.47. The molecule has 1 radical (unpaired) electrons. The molecule has 0 amide bonds. The van der Waals surface area contributed by atoms with Crippen LogP contribution in [0.15, 0.2) is 91.0 Å². The molecule has 0 aliphatic heterocycles. The van der Waals surface area contributed by atoms with E-state index in [0.717, 1.165) is 0 Å². The minimum atomic E-state index is -0.446. The molecule has 3 heteroatoms. The summed E-state index contributed by atoms with van der Waals surface area (Å²) in [6.45, 7) is 0. The van der Waals surface area contributed by atoms with Gasteiger partial charge in [0, 0.05) is 41.9 Å². The Morgan fingerprint density at radius 2 is 0.667 bits per heavy atom. The molecule has 3 aromatic rings. The maximum Gasteiger partial charge on any atom is 0 e. The molecule has 21 heavy (non-hydrogen) atoms. The van der Waals surface area contributed by atoms with Gasteiger partial charge in [0.05, 0.1) is 0 Å². The molecule has 0 unspecified atom stereocenters. The van der Waals surface area contributed by atoms with Gasteiger partial charge in [-0.2, -0.15) is 0 Å². The third-order valence-electron chi connectivity index (χ3n) is 3.04. The number of hydrogen-bond donors (Lipinski definition) is 0. The van der Waals surface area contributed by atoms with Crippen LogP contribution in [0.2, 0.25) is 0 Å². The van der Waals surface area contributed by atoms with Gasteiger partial charge in [-0.3, -0.25) is 0 Å². The van der Waals surface area contributed by atoms with E-state index >= 15 is 0 Å². The fourth-order valence-corrected chi connectivity index (χ4v) is 4.48. The van der Waals surface area contributed by atoms with Crippen LogP contribution in [0.25, 0.3) is 0 Å². The smallest absolute Gasteiger partial charge is 0 e. The Labute approximate surface area is 156 Å². The minimum Gasteiger partial charge on any atom is -0.0622 e. The van der Waals surface area contributed by atoms with Crippen molar-refractivity contribution in [2.24, 2.45) is 0 Å². The third-order valence-corrected chi connectivity index (χ3v) is 5.49. The maximum absolute atomic E-state index is 2.23. The fourth-order valence-electron chi connectivity index (χ4n) is 2.18. The average Bonchev–Trinajstić information content (AvgIpc) is 2.51. The average molecular weight is 560 g/mol. The van der Waals surface area contributed by atoms with Gasteiger partial charge in [0.1, 0.15) is 0 Å². The summed E-state index contributed by atoms with van der Waals surface area (Å²) < 4.78 is 0. The van der Waals surface area contributed by atoms with E-state index in [2.05, 4.69) is 91.0 Å². The molecule has 0 atom stereocenters. The van der Waals surface area contributed by atoms with Gasteiger partial charge in [0.25, 0.3) is 0 Å². The van der Waals surface area contributed by atoms with Crippen LogP contribution in [0.1, 0.15) is 0 Å². The molecule has 0 nitrogen and oxygen atoms in total. The first-order valence-corrected chi connectivity index (χ1v) is 7.74. The van der Waals surface area contributed by atoms with E-state index in [9.17, 15) is 0 Å². The summed E-state index contributed by atoms with van der Waals surface area (Å²) in [5, 5.41) is 4.19. The molecule has 0 aliphatic carbocycles. The Morgan fingerprint density at radius 1 is 0.429 bits per heavy atom. The molecule has 0 heterocycles. The van der Waals surface area contributed by atoms with Gasteiger partial charge < -0.3 is 0 Å². The molecule has 0 fully saturated rings. The molecule has 0 saturated heterocycles. The van der Waals surface area contributed by atoms with Crippen molar-refractivity contribution in [1.29, 1.82) is 0 Å². The van der Waals surface area contributed by atoms with Crippen LogP contribution in [0.5, 0.6) is 0 Å². The summed E-state index contributed by atoms with van der Waals surface area (Å²) in [4.78, 5) is 0. The van der Waals surface area contributed by atoms with E-state index < -0.39 is 7.92 Å². The molecular weight excluding hydrogens is 545 g/mol. The minimum absolute atomic E-state index is 0. The van der Waals surface area contributed by atoms with Crippen molar-refractivity contribution in [3.05, 3.63) is 91.0 Å². The Bertz CT molecular complexity index is 535. The van der Waals surface area contributed by atoms with Gasteiger partial charge in [0.15, 0.2) is 0 Å². The molecule has 0 N–H and O–H groups in total. The van der Waals surface area contributed by atoms with Crippen molar-refractivity contribution in [2.45, 2.75) is 0 Å². The number of benzene rings is 3. The van der Waals surface area contributed by atoms with E-state index in [1.165, 1.54) is 15.9 Å². The molecule has 0 aromatic heterocycles. The van der Waals surface area contributed by atoms with Crippen LogP contribution >= 0.6 is 7.92 Å². The molecule has 111 valence electrons. The zero-order chi connectivity index (χ0) is 12.9. The Kier molecular flexibility index (Phi) is 8.34. The van der Waals surface area contributed by atoms with Crippen molar-refractivity contribution in [1.82, 2.24) is 0 Å². The van der Waals surface area contributed by atoms with Gasteiger partial charge in [-0.15, -0.1) is 0 Å². The second-order valence-corrected chi connectivity index (χ2v) is 6.56. The summed E-state index contributed by atoms with van der Waals surface area (Å²) in [6.07, 6.45) is 0. The SMILES string of the molecule is [Au].[Ru].c1ccc(P(c2ccccc2)c2ccccc2)cc1. The predicted octanol–water partition coefficient (Wildman–Crippen LogP) is 3.44. The van der Waals surface area contributed by atoms with Gasteiger partial charge >= 0.3 is 0 Å². The van der Waals surface area contributed by atoms with Gasteiger partial charge in [0.2, 0.25) is 0 Å². The summed E-state index contributed by atoms with van der Waals surface area (Å²) in [5.74, 6) is 0. The summed E-state index contributed by atoms with van der Waals surface area (Å²) in [7, 11) is -0.446. The molecule has 0 aliphatic rings. The molecule has 0 bridgehead atoms. The standard InChI is InChI=1S/C18H15P.Au.Ru/c1-4-10-16(11-5-1)19(17-12-6-2-7-13-17)18-14-8-3-9-15-18;;/h1-15H;;. The van der Waals surface area contributed by atoms with Crippen LogP contribution in [0, 0.1) is 0 Å². The quantitative estimate of drug-likeness (QED) is 0.341. The summed E-state index contributed by atoms with van der Waals surface area (Å²) in [5.41, 5.74) is 0. The van der Waals surface area contributed by atoms with Crippen LogP contribution < -0.4 is 15.9 Å². The molecule has 0 saturated carbocycles. The summed E-state index contributed by atoms with van der Waals surface area (Å²) >= 11 is 0. The van der Waals surface area contributed by atoms with Crippen LogP contribution in [-0.2, 0) is 41.9 Å². The van der Waals surface area contributed by atoms with Crippen molar-refractivity contribution >= 4 is 23.8 Å². The van der Waals surface area contributed by atoms with Crippen molar-refractivity contribution in [3.8, 4) is 0 Å². The Hall–Kier alpha value is -0.546. The van der Waals surface area contributed by atoms with Crippen molar-refractivity contribution < 1.29 is 41.9 Å². The summed E-state index contributed by atoms with van der Waals surface area (Å²) in [6, 6.07) is 32.3. The van der Waals surface area contributed by atoms with Crippen molar-refractivity contribution in [2.75, 3.05) is 0 Å². The number of rotatable bonds is 3. The fraction of sp³-hybridized carbons (Fsp3) is 0. The zero-order valence-electron chi connectivity index (χ0n) is 11.3. The zero-order valence-corrected chi connectivity index (χ0v) is 16.1. The normalized spacial score (nSPS) is 9.57. The first-order chi connectivity index (χ1) is 9.45. The van der Waals surface area contributed by atoms with Crippen LogP contribution in [0.3, 0.4) is 0 Å². The first kappa shape index (κ1) is 18.5. The van der Waals surface area contributed by atoms with E-state index in [-0.39, 0.29) is 41.9 Å². The molecule has 0 spiro atoms. The van der Waals surface area contributed by atoms with Crippen molar-refractivity contribution in [3.63, 3.8) is 0 Å². The predicted molar refractivity (Wildman–Crippen MR) is 85.1 cm³/mol. The van der Waals surface area contributed by atoms with Gasteiger partial charge in [-0.05, 0) is 23.8 Å². The van der Waals surface area contributed by atoms with E-state index in [1.807, 2.05) is 0 Å².